The van der Waals surface area contributed by atoms with Gasteiger partial charge in [0.25, 0.3) is 5.91 Å². The molecule has 140 valence electrons. The van der Waals surface area contributed by atoms with Crippen LogP contribution in [0.3, 0.4) is 0 Å². The third-order valence-corrected chi connectivity index (χ3v) is 4.59. The van der Waals surface area contributed by atoms with E-state index in [4.69, 9.17) is 32.4 Å². The highest BCUT2D eigenvalue weighted by molar-refractivity contribution is 6.35. The number of amides is 1. The number of carbonyl (C=O) groups is 2. The number of furan rings is 1. The topological polar surface area (TPSA) is 68.5 Å². The number of hydrogen-bond acceptors (Lipinski definition) is 4. The van der Waals surface area contributed by atoms with Crippen molar-refractivity contribution in [1.82, 2.24) is 5.32 Å². The molecule has 0 bridgehead atoms. The van der Waals surface area contributed by atoms with E-state index in [9.17, 15) is 9.59 Å². The normalized spacial score (nSPS) is 10.8. The van der Waals surface area contributed by atoms with E-state index in [1.165, 1.54) is 6.26 Å². The zero-order valence-electron chi connectivity index (χ0n) is 14.6. The second kappa shape index (κ2) is 8.46. The third-order valence-electron chi connectivity index (χ3n) is 4.00. The van der Waals surface area contributed by atoms with E-state index in [-0.39, 0.29) is 19.6 Å². The summed E-state index contributed by atoms with van der Waals surface area (Å²) >= 11 is 11.9. The second-order valence-electron chi connectivity index (χ2n) is 6.11. The number of carbonyl (C=O) groups excluding carboxylic acids is 2. The Bertz CT molecular complexity index is 997. The standard InChI is InChI=1S/C20H17Cl2NO4/c1-12-2-5-16-14(10-26-18(16)6-12)7-20(25)27-11-19(24)23-9-13-3-4-15(21)8-17(13)22/h2-6,8,10H,7,9,11H2,1H3,(H,23,24). The van der Waals surface area contributed by atoms with Gasteiger partial charge in [-0.05, 0) is 36.2 Å². The Balaban J connectivity index is 1.49. The summed E-state index contributed by atoms with van der Waals surface area (Å²) in [6.45, 7) is 1.82. The van der Waals surface area contributed by atoms with Crippen LogP contribution in [-0.4, -0.2) is 18.5 Å². The molecule has 0 aliphatic heterocycles. The molecule has 0 unspecified atom stereocenters. The number of benzene rings is 2. The van der Waals surface area contributed by atoms with E-state index < -0.39 is 11.9 Å². The summed E-state index contributed by atoms with van der Waals surface area (Å²) in [7, 11) is 0. The Labute approximate surface area is 166 Å². The van der Waals surface area contributed by atoms with Gasteiger partial charge in [-0.1, -0.05) is 41.4 Å². The maximum Gasteiger partial charge on any atom is 0.310 e. The van der Waals surface area contributed by atoms with Crippen molar-refractivity contribution in [1.29, 1.82) is 0 Å². The maximum absolute atomic E-state index is 12.0. The van der Waals surface area contributed by atoms with E-state index in [1.54, 1.807) is 18.2 Å². The van der Waals surface area contributed by atoms with Crippen LogP contribution in [0.2, 0.25) is 10.0 Å². The molecule has 1 heterocycles. The molecule has 0 spiro atoms. The summed E-state index contributed by atoms with van der Waals surface area (Å²) in [5, 5.41) is 4.49. The van der Waals surface area contributed by atoms with Crippen molar-refractivity contribution in [3.63, 3.8) is 0 Å². The van der Waals surface area contributed by atoms with Crippen LogP contribution in [0.5, 0.6) is 0 Å². The Morgan fingerprint density at radius 2 is 1.93 bits per heavy atom. The molecule has 1 N–H and O–H groups in total. The lowest BCUT2D eigenvalue weighted by molar-refractivity contribution is -0.147. The van der Waals surface area contributed by atoms with E-state index in [0.29, 0.717) is 10.0 Å². The Kier molecular flexibility index (Phi) is 6.04. The average molecular weight is 406 g/mol. The van der Waals surface area contributed by atoms with E-state index in [0.717, 1.165) is 27.7 Å². The van der Waals surface area contributed by atoms with Crippen LogP contribution in [0.4, 0.5) is 0 Å². The first-order valence-corrected chi connectivity index (χ1v) is 9.01. The van der Waals surface area contributed by atoms with Crippen LogP contribution in [0, 0.1) is 6.92 Å². The second-order valence-corrected chi connectivity index (χ2v) is 6.95. The van der Waals surface area contributed by atoms with Crippen molar-refractivity contribution in [2.75, 3.05) is 6.61 Å². The quantitative estimate of drug-likeness (QED) is 0.615. The highest BCUT2D eigenvalue weighted by atomic mass is 35.5. The fourth-order valence-electron chi connectivity index (χ4n) is 2.59. The molecule has 1 aromatic heterocycles. The number of ether oxygens (including phenoxy) is 1. The number of nitrogens with one attached hydrogen (secondary N) is 1. The molecule has 0 saturated heterocycles. The predicted octanol–water partition coefficient (Wildman–Crippen LogP) is 4.45. The fraction of sp³-hybridized carbons (Fsp3) is 0.200. The number of hydrogen-bond donors (Lipinski definition) is 1. The van der Waals surface area contributed by atoms with Crippen LogP contribution in [0.25, 0.3) is 11.0 Å². The molecule has 27 heavy (non-hydrogen) atoms. The van der Waals surface area contributed by atoms with Gasteiger partial charge in [0.05, 0.1) is 12.7 Å². The molecule has 0 radical (unpaired) electrons. The highest BCUT2D eigenvalue weighted by Gasteiger charge is 2.13. The SMILES string of the molecule is Cc1ccc2c(CC(=O)OCC(=O)NCc3ccc(Cl)cc3Cl)coc2c1. The lowest BCUT2D eigenvalue weighted by Crippen LogP contribution is -2.28. The van der Waals surface area contributed by atoms with Crippen LogP contribution < -0.4 is 5.32 Å². The minimum Gasteiger partial charge on any atom is -0.464 e. The highest BCUT2D eigenvalue weighted by Crippen LogP contribution is 2.23. The Morgan fingerprint density at radius 3 is 2.70 bits per heavy atom. The maximum atomic E-state index is 12.0. The van der Waals surface area contributed by atoms with E-state index >= 15 is 0 Å². The van der Waals surface area contributed by atoms with Crippen molar-refractivity contribution in [3.05, 3.63) is 69.4 Å². The number of esters is 1. The minimum atomic E-state index is -0.502. The molecule has 3 aromatic rings. The molecule has 0 atom stereocenters. The minimum absolute atomic E-state index is 0.0341. The fourth-order valence-corrected chi connectivity index (χ4v) is 3.07. The van der Waals surface area contributed by atoms with Gasteiger partial charge in [-0.15, -0.1) is 0 Å². The summed E-state index contributed by atoms with van der Waals surface area (Å²) in [6.07, 6.45) is 1.57. The molecule has 0 aliphatic carbocycles. The largest absolute Gasteiger partial charge is 0.464 e. The lowest BCUT2D eigenvalue weighted by Gasteiger charge is -2.08. The lowest BCUT2D eigenvalue weighted by atomic mass is 10.1. The van der Waals surface area contributed by atoms with Crippen molar-refractivity contribution >= 4 is 46.0 Å². The zero-order valence-corrected chi connectivity index (χ0v) is 16.1. The summed E-state index contributed by atoms with van der Waals surface area (Å²) in [4.78, 5) is 23.9. The molecule has 7 heteroatoms. The summed E-state index contributed by atoms with van der Waals surface area (Å²) in [5.41, 5.74) is 3.24. The van der Waals surface area contributed by atoms with Gasteiger partial charge in [-0.25, -0.2) is 0 Å². The van der Waals surface area contributed by atoms with E-state index in [1.807, 2.05) is 25.1 Å². The number of aryl methyl sites for hydroxylation is 1. The van der Waals surface area contributed by atoms with Gasteiger partial charge in [0, 0.05) is 27.5 Å². The van der Waals surface area contributed by atoms with Gasteiger partial charge in [0.15, 0.2) is 6.61 Å². The Hall–Kier alpha value is -2.50. The predicted molar refractivity (Wildman–Crippen MR) is 104 cm³/mol. The first-order valence-electron chi connectivity index (χ1n) is 8.25. The average Bonchev–Trinajstić information content (AvgIpc) is 3.01. The van der Waals surface area contributed by atoms with Gasteiger partial charge in [0.2, 0.25) is 0 Å². The van der Waals surface area contributed by atoms with Gasteiger partial charge in [0.1, 0.15) is 5.58 Å². The van der Waals surface area contributed by atoms with Gasteiger partial charge in [-0.3, -0.25) is 9.59 Å². The Morgan fingerprint density at radius 1 is 1.11 bits per heavy atom. The van der Waals surface area contributed by atoms with Gasteiger partial charge in [-0.2, -0.15) is 0 Å². The molecule has 5 nitrogen and oxygen atoms in total. The third kappa shape index (κ3) is 5.02. The molecule has 0 aliphatic rings. The van der Waals surface area contributed by atoms with Crippen molar-refractivity contribution in [3.8, 4) is 0 Å². The molecular weight excluding hydrogens is 389 g/mol. The molecule has 2 aromatic carbocycles. The summed E-state index contributed by atoms with van der Waals surface area (Å²) in [6, 6.07) is 10.8. The monoisotopic (exact) mass is 405 g/mol. The van der Waals surface area contributed by atoms with Crippen molar-refractivity contribution < 1.29 is 18.7 Å². The van der Waals surface area contributed by atoms with Crippen LogP contribution in [-0.2, 0) is 27.3 Å². The molecule has 3 rings (SSSR count). The summed E-state index contributed by atoms with van der Waals surface area (Å²) in [5.74, 6) is -0.917. The molecular formula is C20H17Cl2NO4. The van der Waals surface area contributed by atoms with Crippen LogP contribution >= 0.6 is 23.2 Å². The first kappa shape index (κ1) is 19.3. The molecule has 1 amide bonds. The number of rotatable bonds is 6. The van der Waals surface area contributed by atoms with Crippen molar-refractivity contribution in [2.24, 2.45) is 0 Å². The van der Waals surface area contributed by atoms with Crippen LogP contribution in [0.1, 0.15) is 16.7 Å². The molecule has 0 saturated carbocycles. The van der Waals surface area contributed by atoms with E-state index in [2.05, 4.69) is 5.32 Å². The number of fused-ring (bicyclic) bond motifs is 1. The number of halogens is 2. The first-order chi connectivity index (χ1) is 12.9. The van der Waals surface area contributed by atoms with Gasteiger partial charge >= 0.3 is 5.97 Å². The smallest absolute Gasteiger partial charge is 0.310 e. The van der Waals surface area contributed by atoms with Crippen LogP contribution in [0.15, 0.2) is 47.1 Å². The zero-order chi connectivity index (χ0) is 19.4. The van der Waals surface area contributed by atoms with Gasteiger partial charge < -0.3 is 14.5 Å². The summed E-state index contributed by atoms with van der Waals surface area (Å²) < 4.78 is 10.5. The van der Waals surface area contributed by atoms with Crippen molar-refractivity contribution in [2.45, 2.75) is 19.9 Å². The molecule has 0 fully saturated rings.